The van der Waals surface area contributed by atoms with Crippen molar-refractivity contribution in [3.63, 3.8) is 0 Å². The van der Waals surface area contributed by atoms with E-state index in [2.05, 4.69) is 243 Å². The molecule has 7 unspecified atom stereocenters. The SMILES string of the molecule is CCn1cc[n+](CCCC2COC(=O)O2)c1.CCn1cc[n+](CCCC2COC(=O)O2)c1.CCn1cc[n+](CCCC2COC(=O)O2)c1.CCn1cc[n+](CCCC2COC(=O)O2)c1.CCn1cc[n+](CCCC2COC(=O)O2)c1.CCn1cc[n+](CCCC2COC(=O)O2)c1.CCn1cc[n+](CCCC2COC(=O)O2)c1.O=C([O-])C(=O)[O-].O=C([O-])C(=O)[O-].[O-]B([O-])[O-]. The van der Waals surface area contributed by atoms with E-state index in [0.717, 1.165) is 182 Å². The van der Waals surface area contributed by atoms with Gasteiger partial charge in [0.25, 0.3) is 0 Å². The Balaban J connectivity index is 0.000000257. The molecular weight excluding hydrogens is 1690 g/mol. The number of carbonyl (C=O) groups excluding carboxylic acids is 11. The molecule has 0 aromatic carbocycles. The maximum atomic E-state index is 10.7. The molecule has 0 amide bonds. The van der Waals surface area contributed by atoms with Crippen molar-refractivity contribution in [2.24, 2.45) is 0 Å². The van der Waals surface area contributed by atoms with Gasteiger partial charge in [0.15, 0.2) is 0 Å². The molecule has 14 rings (SSSR count). The van der Waals surface area contributed by atoms with Crippen molar-refractivity contribution in [2.75, 3.05) is 46.2 Å². The monoisotopic (exact) mass is 1810 g/mol. The van der Waals surface area contributed by atoms with Crippen LogP contribution in [0.25, 0.3) is 0 Å². The maximum Gasteiger partial charge on any atom is 0.508 e. The van der Waals surface area contributed by atoms with Crippen LogP contribution in [-0.4, -0.2) is 195 Å². The summed E-state index contributed by atoms with van der Waals surface area (Å²) in [5, 5.41) is 61.0. The topological polar surface area (TPSA) is 540 Å². The van der Waals surface area contributed by atoms with Gasteiger partial charge in [-0.1, -0.05) is 0 Å². The van der Waals surface area contributed by atoms with E-state index in [-0.39, 0.29) is 42.7 Å². The van der Waals surface area contributed by atoms with Crippen LogP contribution in [0.2, 0.25) is 0 Å². The van der Waals surface area contributed by atoms with Crippen LogP contribution in [0.15, 0.2) is 131 Å². The summed E-state index contributed by atoms with van der Waals surface area (Å²) in [6, 6.07) is 0. The fraction of sp³-hybridized carbons (Fsp3) is 0.605. The standard InChI is InChI=1S/7C11H17N2O3.2C2H2O4.BO3/c7*1-2-12-6-7-13(9-12)5-3-4-10-8-15-11(14)16-10;2*3-1(4)2(5)6;2-1(3)4/h7*6-7,9-10H,2-5,8H2,1H3;2*(H,3,4)(H,5,6);/q7*+1;;;-3/p-4. The predicted molar refractivity (Wildman–Crippen MR) is 416 cm³/mol. The quantitative estimate of drug-likeness (QED) is 0.0124. The molecule has 7 atom stereocenters. The van der Waals surface area contributed by atoms with Gasteiger partial charge < -0.3 is 121 Å². The van der Waals surface area contributed by atoms with Crippen molar-refractivity contribution in [1.29, 1.82) is 0 Å². The average Bonchev–Trinajstić information content (AvgIpc) is 1.79. The molecule has 7 aromatic heterocycles. The van der Waals surface area contributed by atoms with E-state index < -0.39 is 74.3 Å². The highest BCUT2D eigenvalue weighted by atomic mass is 16.8. The Hall–Kier alpha value is -12.8. The number of aromatic nitrogens is 14. The molecule has 7 aliphatic rings. The van der Waals surface area contributed by atoms with Gasteiger partial charge in [0.2, 0.25) is 44.3 Å². The fourth-order valence-electron chi connectivity index (χ4n) is 12.4. The van der Waals surface area contributed by atoms with Crippen molar-refractivity contribution in [3.8, 4) is 0 Å². The van der Waals surface area contributed by atoms with Crippen LogP contribution in [0, 0.1) is 0 Å². The summed E-state index contributed by atoms with van der Waals surface area (Å²) in [5.41, 5.74) is 0. The molecule has 0 radical (unpaired) electrons. The van der Waals surface area contributed by atoms with E-state index in [0.29, 0.717) is 46.2 Å². The number of hydrogen-bond acceptors (Lipinski definition) is 32. The molecule has 47 heteroatoms. The normalized spacial score (nSPS) is 18.0. The van der Waals surface area contributed by atoms with Crippen LogP contribution in [0.3, 0.4) is 0 Å². The van der Waals surface area contributed by atoms with Gasteiger partial charge in [-0.2, -0.15) is 0 Å². The summed E-state index contributed by atoms with van der Waals surface area (Å²) in [7, 11) is -2.92. The minimum atomic E-state index is -2.92. The third-order valence-corrected chi connectivity index (χ3v) is 19.3. The van der Waals surface area contributed by atoms with E-state index in [1.807, 2.05) is 0 Å². The molecule has 0 N–H and O–H groups in total. The zero-order valence-electron chi connectivity index (χ0n) is 73.3. The highest BCUT2D eigenvalue weighted by molar-refractivity contribution is 6.25. The Labute approximate surface area is 739 Å². The molecule has 46 nitrogen and oxygen atoms in total. The first kappa shape index (κ1) is 106. The smallest absolute Gasteiger partial charge is 0.508 e. The van der Waals surface area contributed by atoms with Crippen LogP contribution in [0.4, 0.5) is 33.6 Å². The lowest BCUT2D eigenvalue weighted by Gasteiger charge is -2.35. The molecule has 7 aromatic rings. The van der Waals surface area contributed by atoms with E-state index in [9.17, 15) is 33.6 Å². The first-order chi connectivity index (χ1) is 61.4. The summed E-state index contributed by atoms with van der Waals surface area (Å²) in [6.07, 6.45) is 52.1. The molecule has 7 fully saturated rings. The van der Waals surface area contributed by atoms with E-state index >= 15 is 0 Å². The van der Waals surface area contributed by atoms with Crippen LogP contribution in [0.5, 0.6) is 0 Å². The number of carbonyl (C=O) groups is 11. The van der Waals surface area contributed by atoms with Gasteiger partial charge in [0.1, 0.15) is 176 Å². The van der Waals surface area contributed by atoms with Crippen molar-refractivity contribution < 1.29 is 187 Å². The molecule has 7 saturated heterocycles. The highest BCUT2D eigenvalue weighted by Crippen LogP contribution is 2.18. The molecule has 0 spiro atoms. The minimum absolute atomic E-state index is 0.0543. The number of imidazole rings is 7. The van der Waals surface area contributed by atoms with Crippen molar-refractivity contribution in [1.82, 2.24) is 32.0 Å². The third kappa shape index (κ3) is 45.4. The molecule has 708 valence electrons. The third-order valence-electron chi connectivity index (χ3n) is 19.3. The summed E-state index contributed by atoms with van der Waals surface area (Å²) < 4.78 is 97.5. The van der Waals surface area contributed by atoms with Gasteiger partial charge in [-0.25, -0.2) is 97.5 Å². The van der Waals surface area contributed by atoms with E-state index in [1.165, 1.54) is 0 Å². The Morgan fingerprint density at radius 2 is 0.383 bits per heavy atom. The van der Waals surface area contributed by atoms with Gasteiger partial charge in [-0.05, 0) is 138 Å². The molecule has 0 saturated carbocycles. The second-order valence-corrected chi connectivity index (χ2v) is 28.9. The van der Waals surface area contributed by atoms with Gasteiger partial charge in [-0.15, -0.1) is 0 Å². The van der Waals surface area contributed by atoms with Crippen molar-refractivity contribution in [3.05, 3.63) is 131 Å². The molecule has 128 heavy (non-hydrogen) atoms. The number of rotatable bonds is 35. The van der Waals surface area contributed by atoms with Gasteiger partial charge in [0, 0.05) is 0 Å². The lowest BCUT2D eigenvalue weighted by molar-refractivity contribution is -0.697. The number of hydrogen-bond donors (Lipinski definition) is 0. The predicted octanol–water partition coefficient (Wildman–Crippen LogP) is -3.20. The number of ether oxygens (including phenoxy) is 14. The van der Waals surface area contributed by atoms with Crippen LogP contribution in [-0.2, 0) is 177 Å². The lowest BCUT2D eigenvalue weighted by Crippen LogP contribution is -2.56. The summed E-state index contributed by atoms with van der Waals surface area (Å²) in [4.78, 5) is 110. The highest BCUT2D eigenvalue weighted by Gasteiger charge is 2.30. The minimum Gasteiger partial charge on any atom is -0.907 e. The first-order valence-electron chi connectivity index (χ1n) is 42.5. The van der Waals surface area contributed by atoms with Crippen LogP contribution in [0.1, 0.15) is 138 Å². The number of carboxylic acid groups (broad SMARTS) is 4. The van der Waals surface area contributed by atoms with Gasteiger partial charge in [-0.3, -0.25) is 7.32 Å². The number of nitrogens with zero attached hydrogens (tertiary/aromatic N) is 14. The van der Waals surface area contributed by atoms with Crippen LogP contribution < -0.4 is 67.5 Å². The zero-order chi connectivity index (χ0) is 93.6. The summed E-state index contributed by atoms with van der Waals surface area (Å²) in [5.74, 6) is -8.74. The zero-order valence-corrected chi connectivity index (χ0v) is 73.3. The number of carboxylic acids is 4. The fourth-order valence-corrected chi connectivity index (χ4v) is 12.4. The Kier molecular flexibility index (Phi) is 49.5. The molecule has 7 aliphatic heterocycles. The Morgan fingerprint density at radius 1 is 0.266 bits per heavy atom. The lowest BCUT2D eigenvalue weighted by atomic mass is 10.2. The first-order valence-corrected chi connectivity index (χ1v) is 42.5. The summed E-state index contributed by atoms with van der Waals surface area (Å²) >= 11 is 0. The molecule has 0 aliphatic carbocycles. The van der Waals surface area contributed by atoms with Gasteiger partial charge in [0.05, 0.1) is 116 Å². The summed E-state index contributed by atoms with van der Waals surface area (Å²) in [6.45, 7) is 31.1. The second-order valence-electron chi connectivity index (χ2n) is 28.9. The van der Waals surface area contributed by atoms with Gasteiger partial charge >= 0.3 is 43.1 Å². The largest absolute Gasteiger partial charge is 0.907 e. The number of cyclic esters (lactones) is 14. The van der Waals surface area contributed by atoms with Crippen molar-refractivity contribution in [2.45, 2.75) is 273 Å². The van der Waals surface area contributed by atoms with Crippen LogP contribution >= 0.6 is 0 Å². The Morgan fingerprint density at radius 3 is 0.461 bits per heavy atom. The second kappa shape index (κ2) is 60.0. The Bertz CT molecular complexity index is 3700. The number of aliphatic carboxylic acids is 4. The molecule has 14 heterocycles. The molecular formula is C81H119BN14O32. The van der Waals surface area contributed by atoms with E-state index in [4.69, 9.17) is 121 Å². The van der Waals surface area contributed by atoms with E-state index in [1.54, 1.807) is 0 Å². The average molecular weight is 1810 g/mol. The number of aryl methyl sites for hydroxylation is 14. The molecule has 0 bridgehead atoms. The maximum absolute atomic E-state index is 10.7. The van der Waals surface area contributed by atoms with Crippen molar-refractivity contribution >= 4 is 74.3 Å².